The number of imide groups is 1. The molecule has 1 aliphatic heterocycles. The molecule has 1 aromatic carbocycles. The van der Waals surface area contributed by atoms with E-state index in [1.165, 1.54) is 12.0 Å². The van der Waals surface area contributed by atoms with Gasteiger partial charge in [-0.2, -0.15) is 0 Å². The van der Waals surface area contributed by atoms with Gasteiger partial charge in [0.15, 0.2) is 0 Å². The van der Waals surface area contributed by atoms with Crippen LogP contribution in [0.15, 0.2) is 23.1 Å². The van der Waals surface area contributed by atoms with Crippen molar-refractivity contribution >= 4 is 29.0 Å². The lowest BCUT2D eigenvalue weighted by Crippen LogP contribution is -2.31. The highest BCUT2D eigenvalue weighted by atomic mass is 32.2. The summed E-state index contributed by atoms with van der Waals surface area (Å²) in [6, 6.07) is 5.27. The summed E-state index contributed by atoms with van der Waals surface area (Å²) in [5.74, 6) is 0.923. The fourth-order valence-electron chi connectivity index (χ4n) is 1.97. The zero-order valence-electron chi connectivity index (χ0n) is 12.6. The van der Waals surface area contributed by atoms with E-state index in [-0.39, 0.29) is 17.7 Å². The van der Waals surface area contributed by atoms with Crippen LogP contribution < -0.4 is 9.47 Å². The number of nitrogens with zero attached hydrogens (tertiary/aromatic N) is 1. The quantitative estimate of drug-likeness (QED) is 0.749. The number of rotatable bonds is 6. The third kappa shape index (κ3) is 3.42. The maximum Gasteiger partial charge on any atom is 0.293 e. The molecule has 0 saturated carbocycles. The van der Waals surface area contributed by atoms with Crippen molar-refractivity contribution in [2.75, 3.05) is 34.5 Å². The van der Waals surface area contributed by atoms with Crippen LogP contribution in [-0.2, 0) is 9.53 Å². The van der Waals surface area contributed by atoms with Crippen molar-refractivity contribution in [1.29, 1.82) is 0 Å². The molecule has 6 nitrogen and oxygen atoms in total. The molecule has 1 heterocycles. The normalized spacial score (nSPS) is 16.5. The predicted molar refractivity (Wildman–Crippen MR) is 84.1 cm³/mol. The molecule has 7 heteroatoms. The molecule has 1 aliphatic rings. The van der Waals surface area contributed by atoms with Crippen LogP contribution in [0.5, 0.6) is 11.5 Å². The van der Waals surface area contributed by atoms with Crippen LogP contribution in [0.2, 0.25) is 0 Å². The Labute approximate surface area is 133 Å². The Hall–Kier alpha value is -1.99. The SMILES string of the molecule is COCCN1C(=O)S/C(=C/c2cc(OC)ccc2OC)C1=O. The van der Waals surface area contributed by atoms with Crippen molar-refractivity contribution in [3.63, 3.8) is 0 Å². The molecular formula is C15H17NO5S. The van der Waals surface area contributed by atoms with Gasteiger partial charge in [0, 0.05) is 12.7 Å². The summed E-state index contributed by atoms with van der Waals surface area (Å²) in [4.78, 5) is 25.7. The zero-order valence-corrected chi connectivity index (χ0v) is 13.4. The molecule has 2 rings (SSSR count). The zero-order chi connectivity index (χ0) is 16.1. The summed E-state index contributed by atoms with van der Waals surface area (Å²) in [6.07, 6.45) is 1.64. The first kappa shape index (κ1) is 16.4. The molecule has 0 N–H and O–H groups in total. The van der Waals surface area contributed by atoms with Gasteiger partial charge in [-0.1, -0.05) is 0 Å². The van der Waals surface area contributed by atoms with E-state index in [4.69, 9.17) is 14.2 Å². The van der Waals surface area contributed by atoms with Gasteiger partial charge in [-0.25, -0.2) is 0 Å². The Bertz CT molecular complexity index is 614. The standard InChI is InChI=1S/C15H17NO5S/c1-19-7-6-16-14(17)13(22-15(16)18)9-10-8-11(20-2)4-5-12(10)21-3/h4-5,8-9H,6-7H2,1-3H3/b13-9+. The maximum atomic E-state index is 12.3. The van der Waals surface area contributed by atoms with Crippen LogP contribution in [0.4, 0.5) is 4.79 Å². The van der Waals surface area contributed by atoms with Gasteiger partial charge in [0.1, 0.15) is 11.5 Å². The van der Waals surface area contributed by atoms with Crippen LogP contribution in [-0.4, -0.2) is 50.5 Å². The molecule has 1 saturated heterocycles. The minimum absolute atomic E-state index is 0.244. The molecule has 118 valence electrons. The number of benzene rings is 1. The number of thioether (sulfide) groups is 1. The molecular weight excluding hydrogens is 306 g/mol. The first-order chi connectivity index (χ1) is 10.6. The van der Waals surface area contributed by atoms with E-state index in [9.17, 15) is 9.59 Å². The summed E-state index contributed by atoms with van der Waals surface area (Å²) in [7, 11) is 4.63. The van der Waals surface area contributed by atoms with E-state index in [0.717, 1.165) is 11.8 Å². The van der Waals surface area contributed by atoms with Crippen molar-refractivity contribution in [1.82, 2.24) is 4.90 Å². The van der Waals surface area contributed by atoms with Crippen LogP contribution >= 0.6 is 11.8 Å². The highest BCUT2D eigenvalue weighted by Crippen LogP contribution is 2.34. The number of hydrogen-bond donors (Lipinski definition) is 0. The van der Waals surface area contributed by atoms with Gasteiger partial charge < -0.3 is 14.2 Å². The number of hydrogen-bond acceptors (Lipinski definition) is 6. The van der Waals surface area contributed by atoms with Crippen LogP contribution in [0, 0.1) is 0 Å². The molecule has 1 aromatic rings. The second kappa shape index (κ2) is 7.33. The van der Waals surface area contributed by atoms with Crippen LogP contribution in [0.1, 0.15) is 5.56 Å². The predicted octanol–water partition coefficient (Wildman–Crippen LogP) is 2.39. The van der Waals surface area contributed by atoms with Crippen molar-refractivity contribution in [2.45, 2.75) is 0 Å². The van der Waals surface area contributed by atoms with Crippen LogP contribution in [0.25, 0.3) is 6.08 Å². The summed E-state index contributed by atoms with van der Waals surface area (Å²) >= 11 is 0.906. The Morgan fingerprint density at radius 2 is 1.95 bits per heavy atom. The minimum Gasteiger partial charge on any atom is -0.497 e. The topological polar surface area (TPSA) is 65.1 Å². The van der Waals surface area contributed by atoms with Crippen molar-refractivity contribution in [3.8, 4) is 11.5 Å². The maximum absolute atomic E-state index is 12.3. The van der Waals surface area contributed by atoms with Gasteiger partial charge in [-0.15, -0.1) is 0 Å². The van der Waals surface area contributed by atoms with Crippen molar-refractivity contribution in [2.24, 2.45) is 0 Å². The van der Waals surface area contributed by atoms with E-state index in [2.05, 4.69) is 0 Å². The minimum atomic E-state index is -0.322. The average molecular weight is 323 g/mol. The fourth-order valence-corrected chi connectivity index (χ4v) is 2.82. The molecule has 0 atom stereocenters. The number of amides is 2. The Balaban J connectivity index is 2.30. The van der Waals surface area contributed by atoms with Crippen molar-refractivity contribution in [3.05, 3.63) is 28.7 Å². The Kier molecular flexibility index (Phi) is 5.46. The lowest BCUT2D eigenvalue weighted by Gasteiger charge is -2.11. The van der Waals surface area contributed by atoms with E-state index in [1.807, 2.05) is 0 Å². The van der Waals surface area contributed by atoms with E-state index in [1.54, 1.807) is 38.5 Å². The van der Waals surface area contributed by atoms with Crippen LogP contribution in [0.3, 0.4) is 0 Å². The lowest BCUT2D eigenvalue weighted by molar-refractivity contribution is -0.123. The van der Waals surface area contributed by atoms with E-state index in [0.29, 0.717) is 28.6 Å². The van der Waals surface area contributed by atoms with E-state index < -0.39 is 0 Å². The second-order valence-electron chi connectivity index (χ2n) is 4.43. The number of carbonyl (C=O) groups is 2. The number of methoxy groups -OCH3 is 3. The Morgan fingerprint density at radius 1 is 1.18 bits per heavy atom. The molecule has 2 amide bonds. The molecule has 0 aliphatic carbocycles. The first-order valence-electron chi connectivity index (χ1n) is 6.57. The lowest BCUT2D eigenvalue weighted by atomic mass is 10.1. The van der Waals surface area contributed by atoms with Gasteiger partial charge >= 0.3 is 0 Å². The summed E-state index contributed by atoms with van der Waals surface area (Å²) in [5.41, 5.74) is 0.680. The third-order valence-corrected chi connectivity index (χ3v) is 4.02. The highest BCUT2D eigenvalue weighted by Gasteiger charge is 2.34. The Morgan fingerprint density at radius 3 is 2.59 bits per heavy atom. The van der Waals surface area contributed by atoms with Gasteiger partial charge in [0.25, 0.3) is 11.1 Å². The largest absolute Gasteiger partial charge is 0.497 e. The van der Waals surface area contributed by atoms with Gasteiger partial charge in [-0.05, 0) is 36.0 Å². The molecule has 0 radical (unpaired) electrons. The second-order valence-corrected chi connectivity index (χ2v) is 5.43. The summed E-state index contributed by atoms with van der Waals surface area (Å²) < 4.78 is 15.3. The van der Waals surface area contributed by atoms with Gasteiger partial charge in [0.05, 0.1) is 32.3 Å². The molecule has 0 aromatic heterocycles. The smallest absolute Gasteiger partial charge is 0.293 e. The summed E-state index contributed by atoms with van der Waals surface area (Å²) in [6.45, 7) is 0.557. The van der Waals surface area contributed by atoms with E-state index >= 15 is 0 Å². The third-order valence-electron chi connectivity index (χ3n) is 3.12. The van der Waals surface area contributed by atoms with Gasteiger partial charge in [0.2, 0.25) is 0 Å². The number of carbonyl (C=O) groups excluding carboxylic acids is 2. The average Bonchev–Trinajstić information content (AvgIpc) is 2.79. The molecule has 1 fully saturated rings. The monoisotopic (exact) mass is 323 g/mol. The van der Waals surface area contributed by atoms with Crippen molar-refractivity contribution < 1.29 is 23.8 Å². The fraction of sp³-hybridized carbons (Fsp3) is 0.333. The molecule has 0 spiro atoms. The van der Waals surface area contributed by atoms with Gasteiger partial charge in [-0.3, -0.25) is 14.5 Å². The first-order valence-corrected chi connectivity index (χ1v) is 7.38. The molecule has 22 heavy (non-hydrogen) atoms. The highest BCUT2D eigenvalue weighted by molar-refractivity contribution is 8.18. The number of ether oxygens (including phenoxy) is 3. The molecule has 0 bridgehead atoms. The summed E-state index contributed by atoms with van der Waals surface area (Å²) in [5, 5.41) is -0.296. The molecule has 0 unspecified atom stereocenters.